The summed E-state index contributed by atoms with van der Waals surface area (Å²) in [5, 5.41) is 36.7. The second-order valence-corrected chi connectivity index (χ2v) is 12.3. The lowest BCUT2D eigenvalue weighted by Gasteiger charge is -2.46. The summed E-state index contributed by atoms with van der Waals surface area (Å²) in [5.74, 6) is -0.531. The van der Waals surface area contributed by atoms with Crippen molar-refractivity contribution >= 4 is 11.9 Å². The Bertz CT molecular complexity index is 700. The highest BCUT2D eigenvalue weighted by Crippen LogP contribution is 2.25. The fourth-order valence-electron chi connectivity index (χ4n) is 5.79. The third kappa shape index (κ3) is 17.0. The molecule has 43 heavy (non-hydrogen) atoms. The molecule has 10 nitrogen and oxygen atoms in total. The van der Waals surface area contributed by atoms with E-state index >= 15 is 0 Å². The van der Waals surface area contributed by atoms with Crippen LogP contribution in [0, 0.1) is 0 Å². The molecule has 0 bridgehead atoms. The Morgan fingerprint density at radius 1 is 0.721 bits per heavy atom. The maximum Gasteiger partial charge on any atom is 0.319 e. The molecule has 1 aliphatic heterocycles. The molecule has 0 saturated carbocycles. The number of unbranched alkanes of at least 4 members (excludes halogenated alkanes) is 18. The number of nitrogens with two attached hydrogens (primary N) is 1. The van der Waals surface area contributed by atoms with Gasteiger partial charge in [-0.1, -0.05) is 129 Å². The van der Waals surface area contributed by atoms with Gasteiger partial charge in [0.15, 0.2) is 6.23 Å². The molecule has 1 fully saturated rings. The molecule has 5 atom stereocenters. The Labute approximate surface area is 261 Å². The predicted molar refractivity (Wildman–Crippen MR) is 173 cm³/mol. The quantitative estimate of drug-likeness (QED) is 0.0770. The average Bonchev–Trinajstić information content (AvgIpc) is 3.01. The number of aliphatic hydroxyl groups is 3. The van der Waals surface area contributed by atoms with Gasteiger partial charge in [-0.15, -0.1) is 0 Å². The highest BCUT2D eigenvalue weighted by molar-refractivity contribution is 5.78. The monoisotopic (exact) mass is 614 g/mol. The molecular weight excluding hydrogens is 548 g/mol. The molecule has 254 valence electrons. The molecule has 0 unspecified atom stereocenters. The molecule has 0 aromatic carbocycles. The fourth-order valence-corrected chi connectivity index (χ4v) is 5.79. The molecular formula is C33H66N4O6. The number of aliphatic hydroxyl groups excluding tert-OH is 3. The van der Waals surface area contributed by atoms with E-state index in [1.165, 1.54) is 88.4 Å². The number of nitrogens with zero attached hydrogens (tertiary/aromatic N) is 1. The minimum atomic E-state index is -1.43. The lowest BCUT2D eigenvalue weighted by molar-refractivity contribution is -0.224. The van der Waals surface area contributed by atoms with Gasteiger partial charge < -0.3 is 36.4 Å². The minimum Gasteiger partial charge on any atom is -0.394 e. The molecule has 0 spiro atoms. The number of amides is 3. The van der Waals surface area contributed by atoms with E-state index in [1.807, 2.05) is 0 Å². The van der Waals surface area contributed by atoms with Crippen LogP contribution in [0.25, 0.3) is 0 Å². The molecule has 10 heteroatoms. The van der Waals surface area contributed by atoms with Gasteiger partial charge in [0.25, 0.3) is 0 Å². The van der Waals surface area contributed by atoms with Gasteiger partial charge in [0.05, 0.1) is 13.2 Å². The summed E-state index contributed by atoms with van der Waals surface area (Å²) in [7, 11) is 0. The molecule has 1 aliphatic rings. The van der Waals surface area contributed by atoms with Crippen LogP contribution in [0.3, 0.4) is 0 Å². The molecule has 0 aliphatic carbocycles. The first-order valence-corrected chi connectivity index (χ1v) is 17.6. The first-order chi connectivity index (χ1) is 20.9. The SMILES string of the molecule is CCCCCCCCCCCCNC(=O)N(CCCCCCCCCCCC)[C@@H]1O[C@H](CO)[C@H](O)[C@H](O)[C@H]1NC(=O)CN. The fraction of sp³-hybridized carbons (Fsp3) is 0.939. The molecule has 3 amide bonds. The molecule has 0 radical (unpaired) electrons. The second kappa shape index (κ2) is 25.8. The summed E-state index contributed by atoms with van der Waals surface area (Å²) in [4.78, 5) is 27.2. The van der Waals surface area contributed by atoms with Crippen molar-refractivity contribution < 1.29 is 29.6 Å². The van der Waals surface area contributed by atoms with Gasteiger partial charge in [0.2, 0.25) is 5.91 Å². The van der Waals surface area contributed by atoms with Gasteiger partial charge in [-0.3, -0.25) is 9.69 Å². The number of rotatable bonds is 26. The van der Waals surface area contributed by atoms with Crippen LogP contribution in [0.1, 0.15) is 142 Å². The summed E-state index contributed by atoms with van der Waals surface area (Å²) in [5.41, 5.74) is 5.50. The van der Waals surface area contributed by atoms with Crippen LogP contribution in [-0.2, 0) is 9.53 Å². The lowest BCUT2D eigenvalue weighted by Crippen LogP contribution is -2.69. The van der Waals surface area contributed by atoms with E-state index in [-0.39, 0.29) is 12.6 Å². The zero-order valence-electron chi connectivity index (χ0n) is 27.4. The second-order valence-electron chi connectivity index (χ2n) is 12.3. The van der Waals surface area contributed by atoms with E-state index in [0.29, 0.717) is 13.1 Å². The zero-order chi connectivity index (χ0) is 31.7. The van der Waals surface area contributed by atoms with Crippen LogP contribution >= 0.6 is 0 Å². The van der Waals surface area contributed by atoms with Crippen molar-refractivity contribution in [1.82, 2.24) is 15.5 Å². The van der Waals surface area contributed by atoms with Crippen molar-refractivity contribution in [1.29, 1.82) is 0 Å². The van der Waals surface area contributed by atoms with Crippen LogP contribution in [-0.4, -0.2) is 89.0 Å². The van der Waals surface area contributed by atoms with Crippen LogP contribution in [0.5, 0.6) is 0 Å². The smallest absolute Gasteiger partial charge is 0.319 e. The van der Waals surface area contributed by atoms with Gasteiger partial charge in [-0.2, -0.15) is 0 Å². The molecule has 0 aromatic heterocycles. The van der Waals surface area contributed by atoms with Crippen molar-refractivity contribution in [2.24, 2.45) is 5.73 Å². The topological polar surface area (TPSA) is 157 Å². The van der Waals surface area contributed by atoms with Crippen molar-refractivity contribution in [3.63, 3.8) is 0 Å². The average molecular weight is 615 g/mol. The number of carbonyl (C=O) groups is 2. The van der Waals surface area contributed by atoms with E-state index in [2.05, 4.69) is 24.5 Å². The lowest BCUT2D eigenvalue weighted by atomic mass is 9.95. The van der Waals surface area contributed by atoms with E-state index in [1.54, 1.807) is 0 Å². The van der Waals surface area contributed by atoms with Crippen molar-refractivity contribution in [3.05, 3.63) is 0 Å². The Hall–Kier alpha value is -1.46. The van der Waals surface area contributed by atoms with Gasteiger partial charge >= 0.3 is 6.03 Å². The molecule has 7 N–H and O–H groups in total. The number of urea groups is 1. The van der Waals surface area contributed by atoms with E-state index in [0.717, 1.165) is 44.9 Å². The van der Waals surface area contributed by atoms with E-state index in [4.69, 9.17) is 10.5 Å². The van der Waals surface area contributed by atoms with Crippen molar-refractivity contribution in [2.45, 2.75) is 173 Å². The van der Waals surface area contributed by atoms with E-state index < -0.39 is 43.1 Å². The van der Waals surface area contributed by atoms with Gasteiger partial charge in [-0.25, -0.2) is 4.79 Å². The third-order valence-corrected chi connectivity index (χ3v) is 8.54. The molecule has 0 aromatic rings. The Morgan fingerprint density at radius 3 is 1.65 bits per heavy atom. The molecule has 1 heterocycles. The Balaban J connectivity index is 2.68. The normalized spacial score (nSPS) is 22.0. The largest absolute Gasteiger partial charge is 0.394 e. The van der Waals surface area contributed by atoms with Crippen LogP contribution in [0.4, 0.5) is 4.79 Å². The zero-order valence-corrected chi connectivity index (χ0v) is 27.4. The summed E-state index contributed by atoms with van der Waals surface area (Å²) in [6, 6.07) is -1.43. The van der Waals surface area contributed by atoms with Crippen LogP contribution in [0.2, 0.25) is 0 Å². The van der Waals surface area contributed by atoms with Crippen molar-refractivity contribution in [3.8, 4) is 0 Å². The maximum absolute atomic E-state index is 13.5. The summed E-state index contributed by atoms with van der Waals surface area (Å²) in [6.45, 7) is 4.50. The minimum absolute atomic E-state index is 0.307. The predicted octanol–water partition coefficient (Wildman–Crippen LogP) is 4.72. The number of ether oxygens (including phenoxy) is 1. The number of hydrogen-bond acceptors (Lipinski definition) is 7. The number of nitrogens with one attached hydrogen (secondary N) is 2. The van der Waals surface area contributed by atoms with Crippen LogP contribution in [0.15, 0.2) is 0 Å². The maximum atomic E-state index is 13.5. The standard InChI is InChI=1S/C33H66N4O6/c1-3-5-7-9-11-13-15-17-19-21-23-35-33(42)37(24-22-20-18-16-14-12-10-8-6-4-2)32-29(36-28(39)25-34)31(41)30(40)27(26-38)43-32/h27,29-32,38,40-41H,3-26,34H2,1-2H3,(H,35,42)(H,36,39)/t27-,29-,30+,31-,32-/m1/s1. The van der Waals surface area contributed by atoms with E-state index in [9.17, 15) is 24.9 Å². The third-order valence-electron chi connectivity index (χ3n) is 8.54. The number of hydrogen-bond donors (Lipinski definition) is 6. The Kier molecular flexibility index (Phi) is 23.8. The molecule has 1 rings (SSSR count). The van der Waals surface area contributed by atoms with Gasteiger partial charge in [-0.05, 0) is 12.8 Å². The number of carbonyl (C=O) groups excluding carboxylic acids is 2. The van der Waals surface area contributed by atoms with Gasteiger partial charge in [0.1, 0.15) is 24.4 Å². The van der Waals surface area contributed by atoms with Crippen LogP contribution < -0.4 is 16.4 Å². The van der Waals surface area contributed by atoms with Gasteiger partial charge in [0, 0.05) is 13.1 Å². The summed E-state index contributed by atoms with van der Waals surface area (Å²) in [6.07, 6.45) is 18.6. The highest BCUT2D eigenvalue weighted by atomic mass is 16.5. The highest BCUT2D eigenvalue weighted by Gasteiger charge is 2.48. The first-order valence-electron chi connectivity index (χ1n) is 17.6. The summed E-state index contributed by atoms with van der Waals surface area (Å²) >= 11 is 0. The summed E-state index contributed by atoms with van der Waals surface area (Å²) < 4.78 is 5.96. The van der Waals surface area contributed by atoms with Crippen molar-refractivity contribution in [2.75, 3.05) is 26.2 Å². The Morgan fingerprint density at radius 2 is 1.19 bits per heavy atom. The molecule has 1 saturated heterocycles. The first kappa shape index (κ1) is 39.6.